The van der Waals surface area contributed by atoms with E-state index in [1.807, 2.05) is 24.3 Å². The van der Waals surface area contributed by atoms with Crippen molar-refractivity contribution in [1.29, 1.82) is 0 Å². The molecule has 0 bridgehead atoms. The predicted octanol–water partition coefficient (Wildman–Crippen LogP) is 4.98. The van der Waals surface area contributed by atoms with E-state index in [-0.39, 0.29) is 5.91 Å². The monoisotopic (exact) mass is 394 g/mol. The lowest BCUT2D eigenvalue weighted by atomic mass is 10.0. The Morgan fingerprint density at radius 2 is 1.89 bits per heavy atom. The minimum absolute atomic E-state index is 0.116. The molecule has 0 unspecified atom stereocenters. The number of thioether (sulfide) groups is 1. The molecule has 0 heterocycles. The van der Waals surface area contributed by atoms with Crippen LogP contribution in [-0.4, -0.2) is 17.9 Å². The second-order valence-electron chi connectivity index (χ2n) is 6.53. The summed E-state index contributed by atoms with van der Waals surface area (Å²) in [7, 11) is 0. The fourth-order valence-electron chi connectivity index (χ4n) is 3.46. The third kappa shape index (κ3) is 4.02. The van der Waals surface area contributed by atoms with Crippen LogP contribution in [0.5, 0.6) is 0 Å². The zero-order chi connectivity index (χ0) is 18.6. The topological polar surface area (TPSA) is 41.5 Å². The van der Waals surface area contributed by atoms with E-state index in [4.69, 9.17) is 11.6 Å². The Morgan fingerprint density at radius 3 is 2.74 bits per heavy atom. The number of benzene rings is 3. The van der Waals surface area contributed by atoms with Crippen molar-refractivity contribution in [2.24, 2.45) is 5.10 Å². The van der Waals surface area contributed by atoms with Crippen LogP contribution in [0.25, 0.3) is 10.8 Å². The van der Waals surface area contributed by atoms with Crippen LogP contribution < -0.4 is 5.43 Å². The van der Waals surface area contributed by atoms with Crippen LogP contribution in [0.15, 0.2) is 59.7 Å². The van der Waals surface area contributed by atoms with Gasteiger partial charge in [-0.25, -0.2) is 5.43 Å². The molecule has 0 saturated carbocycles. The van der Waals surface area contributed by atoms with Crippen LogP contribution in [-0.2, 0) is 23.4 Å². The molecular formula is C22H19ClN2OS. The van der Waals surface area contributed by atoms with Crippen LogP contribution in [0.3, 0.4) is 0 Å². The average molecular weight is 395 g/mol. The number of halogens is 1. The summed E-state index contributed by atoms with van der Waals surface area (Å²) >= 11 is 7.65. The smallest absolute Gasteiger partial charge is 0.250 e. The number of carbonyl (C=O) groups is 1. The van der Waals surface area contributed by atoms with E-state index in [1.54, 1.807) is 6.21 Å². The molecule has 1 aliphatic rings. The number of nitrogens with zero attached hydrogens (tertiary/aromatic N) is 1. The van der Waals surface area contributed by atoms with Gasteiger partial charge in [0, 0.05) is 16.3 Å². The SMILES string of the molecule is O=C(CSCc1ccccc1Cl)NN=Cc1ccc2c3c(cccc13)CC2. The number of carbonyl (C=O) groups excluding carboxylic acids is 1. The van der Waals surface area contributed by atoms with Crippen LogP contribution >= 0.6 is 23.4 Å². The molecule has 136 valence electrons. The molecule has 27 heavy (non-hydrogen) atoms. The normalized spacial score (nSPS) is 12.8. The molecular weight excluding hydrogens is 376 g/mol. The Kier molecular flexibility index (Phi) is 5.46. The molecule has 0 saturated heterocycles. The zero-order valence-corrected chi connectivity index (χ0v) is 16.3. The highest BCUT2D eigenvalue weighted by Crippen LogP contribution is 2.32. The first kappa shape index (κ1) is 18.1. The van der Waals surface area contributed by atoms with Gasteiger partial charge in [0.25, 0.3) is 0 Å². The van der Waals surface area contributed by atoms with Gasteiger partial charge in [-0.05, 0) is 46.4 Å². The van der Waals surface area contributed by atoms with Crippen LogP contribution in [0.1, 0.15) is 22.3 Å². The molecule has 1 amide bonds. The maximum atomic E-state index is 12.0. The molecule has 0 fully saturated rings. The summed E-state index contributed by atoms with van der Waals surface area (Å²) in [5.74, 6) is 0.923. The van der Waals surface area contributed by atoms with E-state index < -0.39 is 0 Å². The maximum absolute atomic E-state index is 12.0. The summed E-state index contributed by atoms with van der Waals surface area (Å²) in [4.78, 5) is 12.0. The van der Waals surface area contributed by atoms with Crippen molar-refractivity contribution >= 4 is 46.3 Å². The van der Waals surface area contributed by atoms with Gasteiger partial charge in [-0.1, -0.05) is 60.1 Å². The Balaban J connectivity index is 1.35. The number of nitrogens with one attached hydrogen (secondary N) is 1. The molecule has 0 atom stereocenters. The highest BCUT2D eigenvalue weighted by molar-refractivity contribution is 7.99. The number of hydrazone groups is 1. The van der Waals surface area contributed by atoms with Crippen LogP contribution in [0.4, 0.5) is 0 Å². The van der Waals surface area contributed by atoms with Crippen molar-refractivity contribution in [3.05, 3.63) is 81.9 Å². The van der Waals surface area contributed by atoms with Gasteiger partial charge in [0.1, 0.15) is 0 Å². The lowest BCUT2D eigenvalue weighted by Gasteiger charge is -2.05. The maximum Gasteiger partial charge on any atom is 0.250 e. The van der Waals surface area contributed by atoms with E-state index in [0.29, 0.717) is 11.5 Å². The number of amides is 1. The summed E-state index contributed by atoms with van der Waals surface area (Å²) in [5.41, 5.74) is 7.48. The Bertz CT molecular complexity index is 1020. The summed E-state index contributed by atoms with van der Waals surface area (Å²) in [6.07, 6.45) is 3.94. The van der Waals surface area contributed by atoms with E-state index in [9.17, 15) is 4.79 Å². The molecule has 0 spiro atoms. The van der Waals surface area contributed by atoms with E-state index in [0.717, 1.165) is 29.0 Å². The molecule has 3 nitrogen and oxygen atoms in total. The van der Waals surface area contributed by atoms with E-state index >= 15 is 0 Å². The van der Waals surface area contributed by atoms with Crippen molar-refractivity contribution in [3.8, 4) is 0 Å². The van der Waals surface area contributed by atoms with E-state index in [2.05, 4.69) is 40.9 Å². The third-order valence-electron chi connectivity index (χ3n) is 4.75. The minimum atomic E-state index is -0.116. The van der Waals surface area contributed by atoms with Crippen molar-refractivity contribution in [3.63, 3.8) is 0 Å². The molecule has 1 N–H and O–H groups in total. The Hall–Kier alpha value is -2.30. The first-order chi connectivity index (χ1) is 13.2. The first-order valence-electron chi connectivity index (χ1n) is 8.89. The molecule has 1 aliphatic carbocycles. The fourth-order valence-corrected chi connectivity index (χ4v) is 4.56. The first-order valence-corrected chi connectivity index (χ1v) is 10.4. The standard InChI is InChI=1S/C22H19ClN2OS/c23-20-7-2-1-4-18(20)13-27-14-21(26)25-24-12-17-11-10-16-9-8-15-5-3-6-19(17)22(15)16/h1-7,10-12H,8-9,13-14H2,(H,25,26). The van der Waals surface area contributed by atoms with Gasteiger partial charge in [0.2, 0.25) is 5.91 Å². The van der Waals surface area contributed by atoms with Crippen molar-refractivity contribution < 1.29 is 4.79 Å². The van der Waals surface area contributed by atoms with Gasteiger partial charge >= 0.3 is 0 Å². The van der Waals surface area contributed by atoms with E-state index in [1.165, 1.54) is 33.7 Å². The minimum Gasteiger partial charge on any atom is -0.272 e. The molecule has 3 aromatic carbocycles. The molecule has 3 aromatic rings. The fraction of sp³-hybridized carbons (Fsp3) is 0.182. The quantitative estimate of drug-likeness (QED) is 0.473. The molecule has 0 aromatic heterocycles. The lowest BCUT2D eigenvalue weighted by molar-refractivity contribution is -0.118. The number of hydrogen-bond donors (Lipinski definition) is 1. The van der Waals surface area contributed by atoms with Crippen molar-refractivity contribution in [2.75, 3.05) is 5.75 Å². The summed E-state index contributed by atoms with van der Waals surface area (Å²) in [6, 6.07) is 18.3. The largest absolute Gasteiger partial charge is 0.272 e. The van der Waals surface area contributed by atoms with Gasteiger partial charge in [0.15, 0.2) is 0 Å². The Labute approximate surface area is 167 Å². The Morgan fingerprint density at radius 1 is 1.07 bits per heavy atom. The van der Waals surface area contributed by atoms with Gasteiger partial charge < -0.3 is 0 Å². The number of aryl methyl sites for hydroxylation is 2. The second kappa shape index (κ2) is 8.15. The van der Waals surface area contributed by atoms with Gasteiger partial charge in [-0.15, -0.1) is 11.8 Å². The highest BCUT2D eigenvalue weighted by atomic mass is 35.5. The summed E-state index contributed by atoms with van der Waals surface area (Å²) in [5, 5.41) is 7.44. The van der Waals surface area contributed by atoms with Crippen molar-refractivity contribution in [1.82, 2.24) is 5.43 Å². The van der Waals surface area contributed by atoms with Gasteiger partial charge in [-0.2, -0.15) is 5.10 Å². The number of hydrogen-bond acceptors (Lipinski definition) is 3. The second-order valence-corrected chi connectivity index (χ2v) is 7.92. The lowest BCUT2D eigenvalue weighted by Crippen LogP contribution is -2.19. The van der Waals surface area contributed by atoms with Crippen LogP contribution in [0, 0.1) is 0 Å². The predicted molar refractivity (Wildman–Crippen MR) is 115 cm³/mol. The van der Waals surface area contributed by atoms with Gasteiger partial charge in [0.05, 0.1) is 12.0 Å². The zero-order valence-electron chi connectivity index (χ0n) is 14.7. The highest BCUT2D eigenvalue weighted by Gasteiger charge is 2.15. The van der Waals surface area contributed by atoms with Gasteiger partial charge in [-0.3, -0.25) is 4.79 Å². The summed E-state index contributed by atoms with van der Waals surface area (Å²) in [6.45, 7) is 0. The molecule has 5 heteroatoms. The summed E-state index contributed by atoms with van der Waals surface area (Å²) < 4.78 is 0. The number of rotatable bonds is 6. The molecule has 0 aliphatic heterocycles. The van der Waals surface area contributed by atoms with Crippen molar-refractivity contribution in [2.45, 2.75) is 18.6 Å². The molecule has 4 rings (SSSR count). The van der Waals surface area contributed by atoms with Crippen LogP contribution in [0.2, 0.25) is 5.02 Å². The molecule has 0 radical (unpaired) electrons. The average Bonchev–Trinajstić information content (AvgIpc) is 3.10. The third-order valence-corrected chi connectivity index (χ3v) is 6.10.